The van der Waals surface area contributed by atoms with Gasteiger partial charge in [-0.2, -0.15) is 0 Å². The number of hydrogen-bond acceptors (Lipinski definition) is 2. The molecular weight excluding hydrogens is 234 g/mol. The van der Waals surface area contributed by atoms with E-state index in [0.29, 0.717) is 10.9 Å². The van der Waals surface area contributed by atoms with Gasteiger partial charge in [-0.15, -0.1) is 0 Å². The zero-order valence-electron chi connectivity index (χ0n) is 11.1. The lowest BCUT2D eigenvalue weighted by Gasteiger charge is -2.17. The van der Waals surface area contributed by atoms with E-state index in [-0.39, 0.29) is 0 Å². The van der Waals surface area contributed by atoms with Gasteiger partial charge in [0.15, 0.2) is 0 Å². The first-order valence-corrected chi connectivity index (χ1v) is 6.47. The Morgan fingerprint density at radius 1 is 1.41 bits per heavy atom. The molecule has 0 radical (unpaired) electrons. The third-order valence-electron chi connectivity index (χ3n) is 3.19. The van der Waals surface area contributed by atoms with Gasteiger partial charge < -0.3 is 10.1 Å². The van der Waals surface area contributed by atoms with E-state index in [0.717, 1.165) is 18.7 Å². The second kappa shape index (κ2) is 6.87. The Hall–Kier alpha value is -0.730. The highest BCUT2D eigenvalue weighted by molar-refractivity contribution is 6.32. The van der Waals surface area contributed by atoms with Gasteiger partial charge in [-0.05, 0) is 56.1 Å². The molecular formula is C14H22ClNO. The molecule has 1 unspecified atom stereocenters. The number of rotatable bonds is 6. The van der Waals surface area contributed by atoms with Gasteiger partial charge in [0.1, 0.15) is 5.75 Å². The van der Waals surface area contributed by atoms with Crippen molar-refractivity contribution in [1.82, 2.24) is 5.32 Å². The van der Waals surface area contributed by atoms with Gasteiger partial charge in [0.2, 0.25) is 0 Å². The number of nitrogens with one attached hydrogen (secondary N) is 1. The number of halogens is 1. The second-order valence-electron chi connectivity index (χ2n) is 4.45. The molecule has 0 heterocycles. The molecule has 3 heteroatoms. The first-order valence-electron chi connectivity index (χ1n) is 6.10. The Kier molecular flexibility index (Phi) is 5.79. The molecule has 96 valence electrons. The maximum absolute atomic E-state index is 6.16. The fraction of sp³-hybridized carbons (Fsp3) is 0.571. The second-order valence-corrected chi connectivity index (χ2v) is 4.86. The largest absolute Gasteiger partial charge is 0.495 e. The van der Waals surface area contributed by atoms with Crippen LogP contribution in [0.2, 0.25) is 5.02 Å². The van der Waals surface area contributed by atoms with Crippen molar-refractivity contribution in [3.63, 3.8) is 0 Å². The van der Waals surface area contributed by atoms with Crippen LogP contribution in [0.1, 0.15) is 24.5 Å². The fourth-order valence-electron chi connectivity index (χ4n) is 2.03. The number of methoxy groups -OCH3 is 1. The number of hydrogen-bond donors (Lipinski definition) is 1. The molecule has 1 rings (SSSR count). The minimum atomic E-state index is 0.656. The monoisotopic (exact) mass is 255 g/mol. The molecule has 0 amide bonds. The molecule has 17 heavy (non-hydrogen) atoms. The lowest BCUT2D eigenvalue weighted by molar-refractivity contribution is 0.414. The average Bonchev–Trinajstić information content (AvgIpc) is 2.32. The minimum absolute atomic E-state index is 0.656. The molecule has 0 aliphatic carbocycles. The quantitative estimate of drug-likeness (QED) is 0.841. The van der Waals surface area contributed by atoms with E-state index in [4.69, 9.17) is 16.3 Å². The molecule has 1 aromatic carbocycles. The Balaban J connectivity index is 2.87. The maximum atomic E-state index is 6.16. The van der Waals surface area contributed by atoms with Crippen LogP contribution in [-0.2, 0) is 6.42 Å². The summed E-state index contributed by atoms with van der Waals surface area (Å²) in [6.07, 6.45) is 2.23. The highest BCUT2D eigenvalue weighted by Gasteiger charge is 2.11. The summed E-state index contributed by atoms with van der Waals surface area (Å²) >= 11 is 6.16. The lowest BCUT2D eigenvalue weighted by atomic mass is 9.94. The van der Waals surface area contributed by atoms with E-state index in [1.807, 2.05) is 19.2 Å². The van der Waals surface area contributed by atoms with Crippen LogP contribution in [0.4, 0.5) is 0 Å². The third-order valence-corrected chi connectivity index (χ3v) is 3.48. The van der Waals surface area contributed by atoms with Crippen LogP contribution in [-0.4, -0.2) is 20.7 Å². The molecule has 1 atom stereocenters. The number of ether oxygens (including phenoxy) is 1. The van der Waals surface area contributed by atoms with E-state index in [1.54, 1.807) is 7.11 Å². The van der Waals surface area contributed by atoms with Crippen molar-refractivity contribution in [3.05, 3.63) is 28.3 Å². The molecule has 1 N–H and O–H groups in total. The highest BCUT2D eigenvalue weighted by atomic mass is 35.5. The Morgan fingerprint density at radius 2 is 2.12 bits per heavy atom. The summed E-state index contributed by atoms with van der Waals surface area (Å²) in [6, 6.07) is 4.05. The predicted octanol–water partition coefficient (Wildman–Crippen LogP) is 3.45. The van der Waals surface area contributed by atoms with Gasteiger partial charge in [0.05, 0.1) is 12.1 Å². The van der Waals surface area contributed by atoms with Crippen molar-refractivity contribution >= 4 is 11.6 Å². The van der Waals surface area contributed by atoms with Crippen LogP contribution < -0.4 is 10.1 Å². The van der Waals surface area contributed by atoms with Crippen LogP contribution in [0, 0.1) is 12.8 Å². The molecule has 0 spiro atoms. The summed E-state index contributed by atoms with van der Waals surface area (Å²) in [5.41, 5.74) is 2.57. The summed E-state index contributed by atoms with van der Waals surface area (Å²) in [4.78, 5) is 0. The molecule has 0 aliphatic heterocycles. The topological polar surface area (TPSA) is 21.3 Å². The molecule has 0 fully saturated rings. The summed E-state index contributed by atoms with van der Waals surface area (Å²) in [5.74, 6) is 1.41. The molecule has 0 aliphatic rings. The van der Waals surface area contributed by atoms with Gasteiger partial charge >= 0.3 is 0 Å². The average molecular weight is 256 g/mol. The third kappa shape index (κ3) is 3.90. The molecule has 1 aromatic rings. The molecule has 0 bridgehead atoms. The first kappa shape index (κ1) is 14.3. The van der Waals surface area contributed by atoms with Crippen molar-refractivity contribution in [2.75, 3.05) is 20.7 Å². The van der Waals surface area contributed by atoms with Crippen molar-refractivity contribution in [3.8, 4) is 5.75 Å². The molecule has 0 aromatic heterocycles. The number of benzene rings is 1. The van der Waals surface area contributed by atoms with Crippen molar-refractivity contribution < 1.29 is 4.74 Å². The molecule has 2 nitrogen and oxygen atoms in total. The minimum Gasteiger partial charge on any atom is -0.495 e. The maximum Gasteiger partial charge on any atom is 0.137 e. The summed E-state index contributed by atoms with van der Waals surface area (Å²) in [6.45, 7) is 5.38. The van der Waals surface area contributed by atoms with Crippen LogP contribution in [0.5, 0.6) is 5.75 Å². The van der Waals surface area contributed by atoms with Gasteiger partial charge in [-0.1, -0.05) is 24.9 Å². The van der Waals surface area contributed by atoms with Gasteiger partial charge in [-0.3, -0.25) is 0 Å². The van der Waals surface area contributed by atoms with E-state index in [2.05, 4.69) is 19.2 Å². The van der Waals surface area contributed by atoms with Gasteiger partial charge in [0, 0.05) is 0 Å². The Bertz CT molecular complexity index is 365. The van der Waals surface area contributed by atoms with Crippen molar-refractivity contribution in [2.45, 2.75) is 26.7 Å². The van der Waals surface area contributed by atoms with Crippen LogP contribution in [0.25, 0.3) is 0 Å². The van der Waals surface area contributed by atoms with E-state index >= 15 is 0 Å². The summed E-state index contributed by atoms with van der Waals surface area (Å²) in [7, 11) is 3.65. The van der Waals surface area contributed by atoms with E-state index in [9.17, 15) is 0 Å². The summed E-state index contributed by atoms with van der Waals surface area (Å²) in [5, 5.41) is 3.94. The molecule has 0 saturated carbocycles. The van der Waals surface area contributed by atoms with Crippen molar-refractivity contribution in [1.29, 1.82) is 0 Å². The smallest absolute Gasteiger partial charge is 0.137 e. The highest BCUT2D eigenvalue weighted by Crippen LogP contribution is 2.29. The van der Waals surface area contributed by atoms with Crippen LogP contribution >= 0.6 is 11.6 Å². The van der Waals surface area contributed by atoms with Crippen LogP contribution in [0.3, 0.4) is 0 Å². The van der Waals surface area contributed by atoms with Gasteiger partial charge in [-0.25, -0.2) is 0 Å². The van der Waals surface area contributed by atoms with Crippen molar-refractivity contribution in [2.24, 2.45) is 5.92 Å². The zero-order chi connectivity index (χ0) is 12.8. The van der Waals surface area contributed by atoms with Crippen LogP contribution in [0.15, 0.2) is 12.1 Å². The standard InChI is InChI=1S/C14H22ClNO/c1-5-11(9-16-3)7-12-8-13(15)14(17-4)6-10(12)2/h6,8,11,16H,5,7,9H2,1-4H3. The molecule has 0 saturated heterocycles. The van der Waals surface area contributed by atoms with Gasteiger partial charge in [0.25, 0.3) is 0 Å². The predicted molar refractivity (Wildman–Crippen MR) is 74.2 cm³/mol. The fourth-order valence-corrected chi connectivity index (χ4v) is 2.30. The SMILES string of the molecule is CCC(CNC)Cc1cc(Cl)c(OC)cc1C. The normalized spacial score (nSPS) is 12.5. The first-order chi connectivity index (χ1) is 8.12. The lowest BCUT2D eigenvalue weighted by Crippen LogP contribution is -2.20. The van der Waals surface area contributed by atoms with E-state index in [1.165, 1.54) is 17.5 Å². The Morgan fingerprint density at radius 3 is 2.65 bits per heavy atom. The zero-order valence-corrected chi connectivity index (χ0v) is 11.9. The number of aryl methyl sites for hydroxylation is 1. The summed E-state index contributed by atoms with van der Waals surface area (Å²) < 4.78 is 5.22. The Labute approximate surface area is 109 Å². The van der Waals surface area contributed by atoms with E-state index < -0.39 is 0 Å².